The molecule has 0 radical (unpaired) electrons. The Morgan fingerprint density at radius 2 is 2.23 bits per heavy atom. The van der Waals surface area contributed by atoms with E-state index in [2.05, 4.69) is 6.92 Å². The molecule has 70 valence electrons. The average molecular weight is 213 g/mol. The van der Waals surface area contributed by atoms with Crippen molar-refractivity contribution < 1.29 is 4.55 Å². The van der Waals surface area contributed by atoms with Crippen molar-refractivity contribution in [3.63, 3.8) is 0 Å². The summed E-state index contributed by atoms with van der Waals surface area (Å²) in [5.74, 6) is 0. The highest BCUT2D eigenvalue weighted by atomic mass is 32.3. The first-order chi connectivity index (χ1) is 6.33. The summed E-state index contributed by atoms with van der Waals surface area (Å²) in [6.07, 6.45) is 1.03. The van der Waals surface area contributed by atoms with Crippen LogP contribution >= 0.6 is 11.9 Å². The fourth-order valence-electron chi connectivity index (χ4n) is 1.23. The number of rotatable bonds is 2. The van der Waals surface area contributed by atoms with Gasteiger partial charge in [0.2, 0.25) is 0 Å². The van der Waals surface area contributed by atoms with Crippen LogP contribution in [0, 0.1) is 0 Å². The van der Waals surface area contributed by atoms with E-state index in [0.29, 0.717) is 0 Å². The van der Waals surface area contributed by atoms with Gasteiger partial charge in [-0.25, -0.2) is 0 Å². The molecule has 1 heterocycles. The molecule has 0 saturated carbocycles. The lowest BCUT2D eigenvalue weighted by molar-refractivity contribution is 0.543. The van der Waals surface area contributed by atoms with E-state index in [9.17, 15) is 4.55 Å². The van der Waals surface area contributed by atoms with Gasteiger partial charge in [-0.3, -0.25) is 0 Å². The maximum atomic E-state index is 11.8. The van der Waals surface area contributed by atoms with Crippen molar-refractivity contribution in [3.8, 4) is 0 Å². The van der Waals surface area contributed by atoms with E-state index in [1.807, 2.05) is 28.0 Å². The van der Waals surface area contributed by atoms with Crippen LogP contribution in [0.15, 0.2) is 34.1 Å². The Balaban J connectivity index is 2.22. The molecule has 2 rings (SSSR count). The van der Waals surface area contributed by atoms with Gasteiger partial charge in [-0.1, -0.05) is 22.8 Å². The van der Waals surface area contributed by atoms with E-state index in [-0.39, 0.29) is 0 Å². The Kier molecular flexibility index (Phi) is 2.83. The molecular formula is C9H11NOS2. The van der Waals surface area contributed by atoms with Gasteiger partial charge in [0.1, 0.15) is 0 Å². The molecule has 0 aliphatic carbocycles. The minimum atomic E-state index is -0.939. The first kappa shape index (κ1) is 9.40. The SMILES string of the molecule is CCCN1Sc2ccccc2[S+]1[O-]. The second-order valence-corrected chi connectivity index (χ2v) is 5.52. The molecule has 0 bridgehead atoms. The third-order valence-corrected chi connectivity index (χ3v) is 4.81. The van der Waals surface area contributed by atoms with Crippen LogP contribution in [0.5, 0.6) is 0 Å². The zero-order chi connectivity index (χ0) is 9.26. The minimum absolute atomic E-state index is 0.881. The summed E-state index contributed by atoms with van der Waals surface area (Å²) >= 11 is 0.663. The van der Waals surface area contributed by atoms with Gasteiger partial charge in [-0.15, -0.1) is 0 Å². The molecule has 1 aliphatic rings. The van der Waals surface area contributed by atoms with Gasteiger partial charge in [0.05, 0.1) is 22.8 Å². The first-order valence-electron chi connectivity index (χ1n) is 4.29. The molecule has 0 spiro atoms. The molecular weight excluding hydrogens is 202 g/mol. The molecule has 2 nitrogen and oxygen atoms in total. The van der Waals surface area contributed by atoms with Crippen molar-refractivity contribution in [1.82, 2.24) is 3.71 Å². The van der Waals surface area contributed by atoms with Crippen molar-refractivity contribution in [3.05, 3.63) is 24.3 Å². The summed E-state index contributed by atoms with van der Waals surface area (Å²) < 4.78 is 13.7. The normalized spacial score (nSPS) is 21.8. The van der Waals surface area contributed by atoms with Gasteiger partial charge in [-0.05, 0) is 18.6 Å². The van der Waals surface area contributed by atoms with Crippen molar-refractivity contribution in [2.45, 2.75) is 23.1 Å². The van der Waals surface area contributed by atoms with E-state index < -0.39 is 11.4 Å². The lowest BCUT2D eigenvalue weighted by Gasteiger charge is -2.12. The zero-order valence-corrected chi connectivity index (χ0v) is 9.03. The van der Waals surface area contributed by atoms with Crippen LogP contribution in [0.2, 0.25) is 0 Å². The highest BCUT2D eigenvalue weighted by molar-refractivity contribution is 8.11. The summed E-state index contributed by atoms with van der Waals surface area (Å²) in [6.45, 7) is 2.98. The van der Waals surface area contributed by atoms with Crippen LogP contribution in [0.25, 0.3) is 0 Å². The Labute approximate surface area is 85.8 Å². The van der Waals surface area contributed by atoms with E-state index in [1.165, 1.54) is 0 Å². The Bertz CT molecular complexity index is 305. The maximum Gasteiger partial charge on any atom is 0.190 e. The molecule has 1 unspecified atom stereocenters. The first-order valence-corrected chi connectivity index (χ1v) is 6.17. The standard InChI is InChI=1S/C9H11NOS2/c1-2-7-10-12-8-5-3-4-6-9(8)13(10)11/h3-6H,2,7H2,1H3. The van der Waals surface area contributed by atoms with Crippen LogP contribution in [0.3, 0.4) is 0 Å². The van der Waals surface area contributed by atoms with Crippen molar-refractivity contribution >= 4 is 23.3 Å². The number of fused-ring (bicyclic) bond motifs is 1. The van der Waals surface area contributed by atoms with Gasteiger partial charge >= 0.3 is 0 Å². The highest BCUT2D eigenvalue weighted by Gasteiger charge is 2.33. The largest absolute Gasteiger partial charge is 0.592 e. The molecule has 0 saturated heterocycles. The lowest BCUT2D eigenvalue weighted by atomic mass is 10.4. The molecule has 0 N–H and O–H groups in total. The van der Waals surface area contributed by atoms with Crippen LogP contribution in [0.1, 0.15) is 13.3 Å². The molecule has 13 heavy (non-hydrogen) atoms. The zero-order valence-electron chi connectivity index (χ0n) is 7.40. The summed E-state index contributed by atoms with van der Waals surface area (Å²) in [5.41, 5.74) is 0. The van der Waals surface area contributed by atoms with E-state index in [0.717, 1.165) is 22.8 Å². The van der Waals surface area contributed by atoms with Crippen molar-refractivity contribution in [2.75, 3.05) is 6.54 Å². The van der Waals surface area contributed by atoms with E-state index in [4.69, 9.17) is 0 Å². The molecule has 1 aliphatic heterocycles. The molecule has 1 atom stereocenters. The number of benzene rings is 1. The van der Waals surface area contributed by atoms with E-state index in [1.54, 1.807) is 11.9 Å². The van der Waals surface area contributed by atoms with Gasteiger partial charge in [0.25, 0.3) is 0 Å². The van der Waals surface area contributed by atoms with Crippen LogP contribution in [-0.2, 0) is 11.4 Å². The average Bonchev–Trinajstić information content (AvgIpc) is 2.46. The maximum absolute atomic E-state index is 11.8. The Morgan fingerprint density at radius 1 is 1.46 bits per heavy atom. The summed E-state index contributed by atoms with van der Waals surface area (Å²) in [5, 5.41) is 0. The number of nitrogens with zero attached hydrogens (tertiary/aromatic N) is 1. The monoisotopic (exact) mass is 213 g/mol. The third-order valence-electron chi connectivity index (χ3n) is 1.83. The van der Waals surface area contributed by atoms with E-state index >= 15 is 0 Å². The predicted molar refractivity (Wildman–Crippen MR) is 55.7 cm³/mol. The summed E-state index contributed by atoms with van der Waals surface area (Å²) in [4.78, 5) is 2.09. The summed E-state index contributed by atoms with van der Waals surface area (Å²) in [7, 11) is 0. The Morgan fingerprint density at radius 3 is 2.92 bits per heavy atom. The van der Waals surface area contributed by atoms with Gasteiger partial charge in [0.15, 0.2) is 4.90 Å². The topological polar surface area (TPSA) is 26.3 Å². The lowest BCUT2D eigenvalue weighted by Crippen LogP contribution is -2.20. The van der Waals surface area contributed by atoms with Crippen LogP contribution in [-0.4, -0.2) is 14.8 Å². The molecule has 0 amide bonds. The molecule has 4 heteroatoms. The Hall–Kier alpha value is -0.160. The van der Waals surface area contributed by atoms with Gasteiger partial charge in [-0.2, -0.15) is 0 Å². The second-order valence-electron chi connectivity index (χ2n) is 2.84. The quantitative estimate of drug-likeness (QED) is 0.557. The minimum Gasteiger partial charge on any atom is -0.592 e. The molecule has 1 aromatic rings. The van der Waals surface area contributed by atoms with Crippen LogP contribution in [0.4, 0.5) is 0 Å². The fraction of sp³-hybridized carbons (Fsp3) is 0.333. The van der Waals surface area contributed by atoms with Crippen molar-refractivity contribution in [2.24, 2.45) is 0 Å². The number of hydrogen-bond donors (Lipinski definition) is 0. The van der Waals surface area contributed by atoms with Gasteiger partial charge < -0.3 is 4.55 Å². The predicted octanol–water partition coefficient (Wildman–Crippen LogP) is 2.44. The van der Waals surface area contributed by atoms with Crippen LogP contribution < -0.4 is 0 Å². The molecule has 1 aromatic carbocycles. The molecule has 0 fully saturated rings. The summed E-state index contributed by atoms with van der Waals surface area (Å²) in [6, 6.07) is 7.88. The fourth-order valence-corrected chi connectivity index (χ4v) is 4.11. The smallest absolute Gasteiger partial charge is 0.190 e. The number of hydrogen-bond acceptors (Lipinski definition) is 3. The van der Waals surface area contributed by atoms with Gasteiger partial charge in [0, 0.05) is 11.9 Å². The molecule has 0 aromatic heterocycles. The highest BCUT2D eigenvalue weighted by Crippen LogP contribution is 2.41. The third kappa shape index (κ3) is 1.72. The van der Waals surface area contributed by atoms with Crippen molar-refractivity contribution in [1.29, 1.82) is 0 Å². The second kappa shape index (κ2) is 3.92.